The minimum atomic E-state index is -0.620. The average molecular weight is 736 g/mol. The highest BCUT2D eigenvalue weighted by Crippen LogP contribution is 2.37. The summed E-state index contributed by atoms with van der Waals surface area (Å²) >= 11 is 0. The van der Waals surface area contributed by atoms with Gasteiger partial charge in [-0.1, -0.05) is 37.4 Å². The van der Waals surface area contributed by atoms with Crippen LogP contribution in [0.25, 0.3) is 10.8 Å². The van der Waals surface area contributed by atoms with Gasteiger partial charge in [-0.05, 0) is 106 Å². The first-order valence-corrected chi connectivity index (χ1v) is 17.9. The Morgan fingerprint density at radius 3 is 1.46 bits per heavy atom. The van der Waals surface area contributed by atoms with Crippen molar-refractivity contribution in [2.45, 2.75) is 51.4 Å². The predicted octanol–water partition coefficient (Wildman–Crippen LogP) is 8.61. The fourth-order valence-electron chi connectivity index (χ4n) is 5.29. The molecule has 4 rings (SSSR count). The number of carbonyl (C=O) groups is 4. The summed E-state index contributed by atoms with van der Waals surface area (Å²) in [6.07, 6.45) is 10.2. The van der Waals surface area contributed by atoms with Gasteiger partial charge in [0.05, 0.1) is 37.6 Å². The van der Waals surface area contributed by atoms with E-state index in [1.165, 1.54) is 6.07 Å². The first-order chi connectivity index (χ1) is 26.3. The third kappa shape index (κ3) is 12.8. The van der Waals surface area contributed by atoms with Gasteiger partial charge in [-0.15, -0.1) is 0 Å². The molecule has 0 aromatic heterocycles. The van der Waals surface area contributed by atoms with Gasteiger partial charge in [0, 0.05) is 34.7 Å². The summed E-state index contributed by atoms with van der Waals surface area (Å²) < 4.78 is 33.2. The number of carbonyl (C=O) groups excluding carboxylic acids is 4. The minimum absolute atomic E-state index is 0.169. The van der Waals surface area contributed by atoms with Gasteiger partial charge in [-0.2, -0.15) is 0 Å². The van der Waals surface area contributed by atoms with Crippen molar-refractivity contribution in [2.75, 3.05) is 26.4 Å². The highest BCUT2D eigenvalue weighted by Gasteiger charge is 2.20. The Bertz CT molecular complexity index is 1900. The van der Waals surface area contributed by atoms with Crippen LogP contribution in [-0.2, 0) is 19.1 Å². The van der Waals surface area contributed by atoms with E-state index < -0.39 is 23.9 Å². The second-order valence-corrected chi connectivity index (χ2v) is 12.1. The maximum absolute atomic E-state index is 13.2. The lowest BCUT2D eigenvalue weighted by atomic mass is 10.0. The van der Waals surface area contributed by atoms with Crippen molar-refractivity contribution in [3.05, 3.63) is 121 Å². The van der Waals surface area contributed by atoms with Crippen LogP contribution in [0, 0.1) is 5.41 Å². The molecular formula is C43H45NO10. The van der Waals surface area contributed by atoms with Crippen molar-refractivity contribution in [2.24, 2.45) is 0 Å². The number of rotatable bonds is 23. The van der Waals surface area contributed by atoms with Crippen molar-refractivity contribution >= 4 is 40.9 Å². The second kappa shape index (κ2) is 22.0. The lowest BCUT2D eigenvalue weighted by Gasteiger charge is -2.15. The number of unbranched alkanes of at least 4 members (excludes halogenated alkanes) is 6. The van der Waals surface area contributed by atoms with Crippen molar-refractivity contribution in [3.8, 4) is 23.0 Å². The smallest absolute Gasteiger partial charge is 0.343 e. The molecule has 0 unspecified atom stereocenters. The quantitative estimate of drug-likeness (QED) is 0.0258. The Morgan fingerprint density at radius 1 is 0.556 bits per heavy atom. The molecule has 0 saturated carbocycles. The van der Waals surface area contributed by atoms with Gasteiger partial charge < -0.3 is 33.8 Å². The largest absolute Gasteiger partial charge is 0.494 e. The molecule has 11 heteroatoms. The number of hydrogen-bond donors (Lipinski definition) is 1. The Balaban J connectivity index is 1.29. The van der Waals surface area contributed by atoms with Crippen LogP contribution >= 0.6 is 0 Å². The molecule has 0 bridgehead atoms. The Labute approximate surface area is 315 Å². The maximum Gasteiger partial charge on any atom is 0.343 e. The fourth-order valence-corrected chi connectivity index (χ4v) is 5.29. The summed E-state index contributed by atoms with van der Waals surface area (Å²) in [5.41, 5.74) is 0.858. The monoisotopic (exact) mass is 735 g/mol. The van der Waals surface area contributed by atoms with Crippen LogP contribution in [-0.4, -0.2) is 56.5 Å². The summed E-state index contributed by atoms with van der Waals surface area (Å²) in [6.45, 7) is 8.49. The molecule has 0 heterocycles. The van der Waals surface area contributed by atoms with Gasteiger partial charge >= 0.3 is 23.9 Å². The van der Waals surface area contributed by atoms with Crippen LogP contribution in [0.5, 0.6) is 23.0 Å². The van der Waals surface area contributed by atoms with E-state index in [0.29, 0.717) is 59.8 Å². The number of esters is 4. The molecule has 0 atom stereocenters. The van der Waals surface area contributed by atoms with Crippen LogP contribution in [0.3, 0.4) is 0 Å². The SMILES string of the molecule is C=CC(=O)OCCCCCCOc1ccc(C(=O)Oc2cc(C=N)c(OC(=O)c3ccc(OCCCCCCOC(=O)C=C)cc3)c3ccccc23)cc1. The van der Waals surface area contributed by atoms with Gasteiger partial charge in [0.15, 0.2) is 0 Å². The van der Waals surface area contributed by atoms with Crippen molar-refractivity contribution in [3.63, 3.8) is 0 Å². The van der Waals surface area contributed by atoms with Gasteiger partial charge in [-0.3, -0.25) is 0 Å². The fraction of sp³-hybridized carbons (Fsp3) is 0.279. The molecule has 4 aromatic carbocycles. The van der Waals surface area contributed by atoms with Crippen LogP contribution in [0.2, 0.25) is 0 Å². The summed E-state index contributed by atoms with van der Waals surface area (Å²) in [4.78, 5) is 48.6. The van der Waals surface area contributed by atoms with E-state index in [0.717, 1.165) is 69.7 Å². The van der Waals surface area contributed by atoms with Crippen molar-refractivity contribution in [1.29, 1.82) is 5.41 Å². The van der Waals surface area contributed by atoms with E-state index in [1.54, 1.807) is 72.8 Å². The zero-order valence-electron chi connectivity index (χ0n) is 30.2. The average Bonchev–Trinajstić information content (AvgIpc) is 3.20. The normalized spacial score (nSPS) is 10.5. The standard InChI is InChI=1S/C43H45NO10/c1-3-39(45)51-27-13-7-5-11-25-49-34-21-17-31(18-22-34)42(47)53-38-29-33(30-44)41(37-16-10-9-15-36(37)38)54-43(48)32-19-23-35(24-20-32)50-26-12-6-8-14-28-52-40(46)4-2/h3-4,9-10,15-24,29-30,44H,1-2,5-8,11-14,25-28H2. The zero-order chi connectivity index (χ0) is 38.5. The van der Waals surface area contributed by atoms with Crippen LogP contribution in [0.1, 0.15) is 77.6 Å². The molecule has 0 fully saturated rings. The summed E-state index contributed by atoms with van der Waals surface area (Å²) in [5, 5.41) is 9.08. The maximum atomic E-state index is 13.2. The third-order valence-corrected chi connectivity index (χ3v) is 8.16. The number of hydrogen-bond acceptors (Lipinski definition) is 11. The first-order valence-electron chi connectivity index (χ1n) is 17.9. The molecule has 0 spiro atoms. The highest BCUT2D eigenvalue weighted by atomic mass is 16.5. The Hall–Kier alpha value is -6.23. The van der Waals surface area contributed by atoms with Crippen LogP contribution in [0.15, 0.2) is 104 Å². The summed E-state index contributed by atoms with van der Waals surface area (Å²) in [7, 11) is 0. The Kier molecular flexibility index (Phi) is 16.5. The molecule has 54 heavy (non-hydrogen) atoms. The molecule has 0 saturated heterocycles. The number of nitrogens with one attached hydrogen (secondary N) is 1. The number of benzene rings is 4. The topological polar surface area (TPSA) is 148 Å². The molecule has 1 N–H and O–H groups in total. The van der Waals surface area contributed by atoms with E-state index in [-0.39, 0.29) is 17.1 Å². The van der Waals surface area contributed by atoms with E-state index in [1.807, 2.05) is 0 Å². The van der Waals surface area contributed by atoms with E-state index in [9.17, 15) is 19.2 Å². The lowest BCUT2D eigenvalue weighted by molar-refractivity contribution is -0.138. The molecule has 282 valence electrons. The zero-order valence-corrected chi connectivity index (χ0v) is 30.2. The molecule has 0 aliphatic rings. The van der Waals surface area contributed by atoms with E-state index in [2.05, 4.69) is 13.2 Å². The van der Waals surface area contributed by atoms with Crippen molar-refractivity contribution < 1.29 is 47.6 Å². The van der Waals surface area contributed by atoms with Crippen molar-refractivity contribution in [1.82, 2.24) is 0 Å². The van der Waals surface area contributed by atoms with Crippen LogP contribution in [0.4, 0.5) is 0 Å². The molecule has 0 aliphatic carbocycles. The third-order valence-electron chi connectivity index (χ3n) is 8.16. The molecule has 0 amide bonds. The van der Waals surface area contributed by atoms with Gasteiger partial charge in [0.25, 0.3) is 0 Å². The lowest BCUT2D eigenvalue weighted by Crippen LogP contribution is -2.12. The molecule has 4 aromatic rings. The molecule has 0 radical (unpaired) electrons. The second-order valence-electron chi connectivity index (χ2n) is 12.1. The van der Waals surface area contributed by atoms with Gasteiger partial charge in [0.1, 0.15) is 23.0 Å². The molecular weight excluding hydrogens is 690 g/mol. The summed E-state index contributed by atoms with van der Waals surface area (Å²) in [6, 6.07) is 21.8. The Morgan fingerprint density at radius 2 is 1.00 bits per heavy atom. The van der Waals surface area contributed by atoms with Gasteiger partial charge in [-0.25, -0.2) is 19.2 Å². The first kappa shape index (κ1) is 40.5. The van der Waals surface area contributed by atoms with Gasteiger partial charge in [0.2, 0.25) is 0 Å². The summed E-state index contributed by atoms with van der Waals surface area (Å²) in [5.74, 6) is -0.442. The highest BCUT2D eigenvalue weighted by molar-refractivity contribution is 6.04. The molecule has 11 nitrogen and oxygen atoms in total. The van der Waals surface area contributed by atoms with E-state index in [4.69, 9.17) is 33.8 Å². The molecule has 0 aliphatic heterocycles. The number of fused-ring (bicyclic) bond motifs is 1. The number of ether oxygens (including phenoxy) is 6. The van der Waals surface area contributed by atoms with Crippen LogP contribution < -0.4 is 18.9 Å². The predicted molar refractivity (Wildman–Crippen MR) is 205 cm³/mol. The minimum Gasteiger partial charge on any atom is -0.494 e. The van der Waals surface area contributed by atoms with E-state index >= 15 is 0 Å².